The van der Waals surface area contributed by atoms with Crippen LogP contribution in [0, 0.1) is 4.77 Å². The number of halogens is 1. The van der Waals surface area contributed by atoms with Crippen molar-refractivity contribution in [1.29, 1.82) is 0 Å². The number of carbonyl (C=O) groups excluding carboxylic acids is 2. The van der Waals surface area contributed by atoms with Crippen molar-refractivity contribution >= 4 is 47.0 Å². The molecule has 0 saturated carbocycles. The summed E-state index contributed by atoms with van der Waals surface area (Å²) in [4.78, 5) is 24.9. The summed E-state index contributed by atoms with van der Waals surface area (Å²) in [5, 5.41) is 9.41. The summed E-state index contributed by atoms with van der Waals surface area (Å²) in [7, 11) is 0. The molecule has 1 aromatic carbocycles. The van der Waals surface area contributed by atoms with E-state index in [9.17, 15) is 9.59 Å². The minimum Gasteiger partial charge on any atom is -0.299 e. The molecule has 7 nitrogen and oxygen atoms in total. The standard InChI is InChI=1S/C16H14ClN5O2S2/c17-11-5-3-10(4-6-11)15(24)20-18-13(23)7-8-22-14(19-21-16(22)25)12-2-1-9-26-12/h1-6,9H,7-8H2,(H,18,23)(H,20,24)(H,21,25). The molecule has 3 N–H and O–H groups in total. The average molecular weight is 408 g/mol. The Morgan fingerprint density at radius 3 is 2.69 bits per heavy atom. The number of aromatic amines is 1. The van der Waals surface area contributed by atoms with Crippen LogP contribution in [0.2, 0.25) is 5.02 Å². The molecule has 26 heavy (non-hydrogen) atoms. The third-order valence-electron chi connectivity index (χ3n) is 3.48. The smallest absolute Gasteiger partial charge is 0.269 e. The first-order chi connectivity index (χ1) is 12.5. The lowest BCUT2D eigenvalue weighted by Crippen LogP contribution is -2.41. The molecule has 2 aromatic heterocycles. The predicted octanol–water partition coefficient (Wildman–Crippen LogP) is 3.17. The lowest BCUT2D eigenvalue weighted by Gasteiger charge is -2.09. The van der Waals surface area contributed by atoms with Crippen LogP contribution < -0.4 is 10.9 Å². The number of aromatic nitrogens is 3. The van der Waals surface area contributed by atoms with Crippen LogP contribution in [0.4, 0.5) is 0 Å². The van der Waals surface area contributed by atoms with Gasteiger partial charge in [-0.15, -0.1) is 11.3 Å². The predicted molar refractivity (Wildman–Crippen MR) is 102 cm³/mol. The van der Waals surface area contributed by atoms with Crippen molar-refractivity contribution in [3.8, 4) is 10.7 Å². The molecule has 0 radical (unpaired) electrons. The molecule has 0 spiro atoms. The number of thiophene rings is 1. The number of hydrogen-bond donors (Lipinski definition) is 3. The van der Waals surface area contributed by atoms with Gasteiger partial charge in [0.15, 0.2) is 10.6 Å². The van der Waals surface area contributed by atoms with Gasteiger partial charge in [0.25, 0.3) is 5.91 Å². The molecule has 2 heterocycles. The van der Waals surface area contributed by atoms with E-state index in [1.165, 1.54) is 11.3 Å². The quantitative estimate of drug-likeness (QED) is 0.447. The monoisotopic (exact) mass is 407 g/mol. The van der Waals surface area contributed by atoms with Gasteiger partial charge in [-0.05, 0) is 47.9 Å². The first-order valence-corrected chi connectivity index (χ1v) is 9.25. The first-order valence-electron chi connectivity index (χ1n) is 7.58. The lowest BCUT2D eigenvalue weighted by molar-refractivity contribution is -0.122. The maximum absolute atomic E-state index is 12.0. The summed E-state index contributed by atoms with van der Waals surface area (Å²) in [6.07, 6.45) is 0.132. The van der Waals surface area contributed by atoms with Crippen LogP contribution in [0.1, 0.15) is 16.8 Å². The number of hydrazine groups is 1. The maximum atomic E-state index is 12.0. The van der Waals surface area contributed by atoms with Gasteiger partial charge in [-0.3, -0.25) is 30.1 Å². The first kappa shape index (κ1) is 18.3. The van der Waals surface area contributed by atoms with Crippen LogP contribution in [-0.4, -0.2) is 26.6 Å². The molecule has 0 atom stereocenters. The van der Waals surface area contributed by atoms with E-state index < -0.39 is 5.91 Å². The normalized spacial score (nSPS) is 10.5. The van der Waals surface area contributed by atoms with Gasteiger partial charge >= 0.3 is 0 Å². The fourth-order valence-electron chi connectivity index (χ4n) is 2.19. The zero-order chi connectivity index (χ0) is 18.5. The highest BCUT2D eigenvalue weighted by Gasteiger charge is 2.12. The van der Waals surface area contributed by atoms with Gasteiger partial charge in [0.1, 0.15) is 0 Å². The molecule has 3 aromatic rings. The molecule has 2 amide bonds. The third kappa shape index (κ3) is 4.37. The van der Waals surface area contributed by atoms with Gasteiger partial charge in [-0.2, -0.15) is 5.10 Å². The van der Waals surface area contributed by atoms with E-state index in [0.717, 1.165) is 4.88 Å². The second kappa shape index (κ2) is 8.26. The molecule has 0 aliphatic rings. The van der Waals surface area contributed by atoms with Gasteiger partial charge in [-0.25, -0.2) is 0 Å². The fourth-order valence-corrected chi connectivity index (χ4v) is 3.27. The summed E-state index contributed by atoms with van der Waals surface area (Å²) in [5.74, 6) is -0.0789. The van der Waals surface area contributed by atoms with Gasteiger partial charge in [0.2, 0.25) is 5.91 Å². The largest absolute Gasteiger partial charge is 0.299 e. The van der Waals surface area contributed by atoms with E-state index in [1.807, 2.05) is 17.5 Å². The summed E-state index contributed by atoms with van der Waals surface area (Å²) >= 11 is 12.5. The molecule has 0 unspecified atom stereocenters. The highest BCUT2D eigenvalue weighted by molar-refractivity contribution is 7.71. The second-order valence-electron chi connectivity index (χ2n) is 5.24. The highest BCUT2D eigenvalue weighted by Crippen LogP contribution is 2.22. The lowest BCUT2D eigenvalue weighted by atomic mass is 10.2. The van der Waals surface area contributed by atoms with Gasteiger partial charge < -0.3 is 0 Å². The zero-order valence-electron chi connectivity index (χ0n) is 13.4. The Kier molecular flexibility index (Phi) is 5.82. The Morgan fingerprint density at radius 1 is 1.23 bits per heavy atom. The topological polar surface area (TPSA) is 91.8 Å². The number of nitrogens with one attached hydrogen (secondary N) is 3. The molecule has 134 valence electrons. The van der Waals surface area contributed by atoms with Crippen molar-refractivity contribution in [1.82, 2.24) is 25.6 Å². The van der Waals surface area contributed by atoms with E-state index in [4.69, 9.17) is 23.8 Å². The molecule has 3 rings (SSSR count). The summed E-state index contributed by atoms with van der Waals surface area (Å²) in [6, 6.07) is 10.2. The average Bonchev–Trinajstić information content (AvgIpc) is 3.28. The van der Waals surface area contributed by atoms with Gasteiger partial charge in [0, 0.05) is 23.6 Å². The van der Waals surface area contributed by atoms with Crippen LogP contribution in [0.25, 0.3) is 10.7 Å². The summed E-state index contributed by atoms with van der Waals surface area (Å²) in [5.41, 5.74) is 5.15. The molecule has 0 aliphatic heterocycles. The summed E-state index contributed by atoms with van der Waals surface area (Å²) < 4.78 is 2.19. The number of rotatable bonds is 5. The number of hydrogen-bond acceptors (Lipinski definition) is 5. The highest BCUT2D eigenvalue weighted by atomic mass is 35.5. The van der Waals surface area contributed by atoms with Gasteiger partial charge in [0.05, 0.1) is 4.88 Å². The third-order valence-corrected chi connectivity index (χ3v) is 4.91. The SMILES string of the molecule is O=C(CCn1c(-c2cccs2)n[nH]c1=S)NNC(=O)c1ccc(Cl)cc1. The minimum absolute atomic E-state index is 0.132. The maximum Gasteiger partial charge on any atom is 0.269 e. The van der Waals surface area contributed by atoms with Crippen molar-refractivity contribution in [2.24, 2.45) is 0 Å². The Labute approximate surface area is 163 Å². The Balaban J connectivity index is 1.55. The van der Waals surface area contributed by atoms with E-state index in [1.54, 1.807) is 28.8 Å². The molecule has 0 fully saturated rings. The van der Waals surface area contributed by atoms with Crippen LogP contribution >= 0.6 is 35.2 Å². The van der Waals surface area contributed by atoms with Crippen LogP contribution in [0.5, 0.6) is 0 Å². The van der Waals surface area contributed by atoms with Crippen molar-refractivity contribution in [2.75, 3.05) is 0 Å². The van der Waals surface area contributed by atoms with Crippen LogP contribution in [0.15, 0.2) is 41.8 Å². The number of carbonyl (C=O) groups is 2. The van der Waals surface area contributed by atoms with Crippen LogP contribution in [-0.2, 0) is 11.3 Å². The van der Waals surface area contributed by atoms with Crippen LogP contribution in [0.3, 0.4) is 0 Å². The van der Waals surface area contributed by atoms with E-state index >= 15 is 0 Å². The number of nitrogens with zero attached hydrogens (tertiary/aromatic N) is 2. The molecule has 0 saturated heterocycles. The van der Waals surface area contributed by atoms with E-state index in [-0.39, 0.29) is 12.3 Å². The van der Waals surface area contributed by atoms with Crippen molar-refractivity contribution in [2.45, 2.75) is 13.0 Å². The van der Waals surface area contributed by atoms with Crippen molar-refractivity contribution in [3.63, 3.8) is 0 Å². The van der Waals surface area contributed by atoms with Gasteiger partial charge in [-0.1, -0.05) is 17.7 Å². The second-order valence-corrected chi connectivity index (χ2v) is 7.01. The molecule has 10 heteroatoms. The summed E-state index contributed by atoms with van der Waals surface area (Å²) in [6.45, 7) is 0.339. The van der Waals surface area contributed by atoms with Crippen molar-refractivity contribution < 1.29 is 9.59 Å². The van der Waals surface area contributed by atoms with Crippen molar-refractivity contribution in [3.05, 3.63) is 57.1 Å². The Hall–Kier alpha value is -2.49. The number of amides is 2. The zero-order valence-corrected chi connectivity index (χ0v) is 15.7. The van der Waals surface area contributed by atoms with E-state index in [0.29, 0.717) is 27.7 Å². The minimum atomic E-state index is -0.422. The fraction of sp³-hybridized carbons (Fsp3) is 0.125. The molecule has 0 aliphatic carbocycles. The molecular formula is C16H14ClN5O2S2. The Bertz CT molecular complexity index is 963. The number of benzene rings is 1. The van der Waals surface area contributed by atoms with E-state index in [2.05, 4.69) is 21.0 Å². The molecular weight excluding hydrogens is 394 g/mol. The number of H-pyrrole nitrogens is 1. The molecule has 0 bridgehead atoms. The Morgan fingerprint density at radius 2 is 2.00 bits per heavy atom.